The third-order valence-corrected chi connectivity index (χ3v) is 13.6. The Morgan fingerprint density at radius 3 is 1.63 bits per heavy atom. The largest absolute Gasteiger partial charge is 0.310 e. The zero-order valence-electron chi connectivity index (χ0n) is 30.9. The van der Waals surface area contributed by atoms with Gasteiger partial charge in [0.15, 0.2) is 0 Å². The zero-order valence-corrected chi connectivity index (χ0v) is 31.8. The first-order chi connectivity index (χ1) is 26.3. The number of rotatable bonds is 4. The molecule has 0 saturated carbocycles. The monoisotopic (exact) mass is 709 g/mol. The van der Waals surface area contributed by atoms with Gasteiger partial charge in [0, 0.05) is 48.1 Å². The van der Waals surface area contributed by atoms with Crippen LogP contribution in [0.3, 0.4) is 0 Å². The lowest BCUT2D eigenvalue weighted by atomic mass is 9.82. The summed E-state index contributed by atoms with van der Waals surface area (Å²) in [4.78, 5) is 2.49. The summed E-state index contributed by atoms with van der Waals surface area (Å²) in [6.45, 7) is 9.49. The molecule has 2 aliphatic carbocycles. The number of hydrogen-bond acceptors (Lipinski definition) is 2. The van der Waals surface area contributed by atoms with Gasteiger partial charge in [-0.1, -0.05) is 143 Å². The van der Waals surface area contributed by atoms with Crippen LogP contribution in [0.5, 0.6) is 0 Å². The molecule has 0 atom stereocenters. The molecule has 0 saturated heterocycles. The van der Waals surface area contributed by atoms with Crippen LogP contribution >= 0.6 is 11.3 Å². The number of benzene rings is 8. The van der Waals surface area contributed by atoms with Crippen molar-refractivity contribution >= 4 is 59.3 Å². The summed E-state index contributed by atoms with van der Waals surface area (Å²) in [7, 11) is 0. The molecule has 0 radical (unpaired) electrons. The minimum Gasteiger partial charge on any atom is -0.310 e. The lowest BCUT2D eigenvalue weighted by Gasteiger charge is -2.30. The van der Waals surface area contributed by atoms with Crippen LogP contribution in [-0.4, -0.2) is 0 Å². The van der Waals surface area contributed by atoms with E-state index < -0.39 is 0 Å². The van der Waals surface area contributed by atoms with E-state index in [4.69, 9.17) is 0 Å². The molecule has 8 aromatic carbocycles. The van der Waals surface area contributed by atoms with Crippen LogP contribution in [-0.2, 0) is 10.8 Å². The zero-order chi connectivity index (χ0) is 36.3. The van der Waals surface area contributed by atoms with Crippen molar-refractivity contribution in [3.8, 4) is 33.4 Å². The Labute approximate surface area is 320 Å². The second-order valence-corrected chi connectivity index (χ2v) is 17.2. The molecule has 11 rings (SSSR count). The fraction of sp³-hybridized carbons (Fsp3) is 0.115. The van der Waals surface area contributed by atoms with E-state index in [2.05, 4.69) is 196 Å². The Morgan fingerprint density at radius 1 is 0.389 bits per heavy atom. The molecule has 1 heterocycles. The fourth-order valence-corrected chi connectivity index (χ4v) is 10.9. The maximum Gasteiger partial charge on any atom is 0.0467 e. The van der Waals surface area contributed by atoms with Crippen LogP contribution in [0.15, 0.2) is 164 Å². The van der Waals surface area contributed by atoms with Crippen LogP contribution < -0.4 is 4.90 Å². The van der Waals surface area contributed by atoms with Gasteiger partial charge in [-0.15, -0.1) is 11.3 Å². The molecule has 0 aliphatic heterocycles. The van der Waals surface area contributed by atoms with E-state index in [0.717, 1.165) is 5.69 Å². The quantitative estimate of drug-likeness (QED) is 0.176. The molecule has 258 valence electrons. The molecule has 0 amide bonds. The average molecular weight is 710 g/mol. The maximum atomic E-state index is 2.49. The molecule has 9 aromatic rings. The van der Waals surface area contributed by atoms with Gasteiger partial charge in [0.2, 0.25) is 0 Å². The molecule has 0 spiro atoms. The smallest absolute Gasteiger partial charge is 0.0467 e. The Balaban J connectivity index is 1.13. The second-order valence-electron chi connectivity index (χ2n) is 16.1. The summed E-state index contributed by atoms with van der Waals surface area (Å²) in [5.41, 5.74) is 16.7. The van der Waals surface area contributed by atoms with Gasteiger partial charge in [0.1, 0.15) is 0 Å². The molecule has 0 bridgehead atoms. The lowest BCUT2D eigenvalue weighted by molar-refractivity contribution is 0.660. The Kier molecular flexibility index (Phi) is 6.59. The SMILES string of the molecule is CC1(C)c2ccccc2-c2ccc(N(c3cccc(-c4cccc5ccc6sc7ccccc7c6c45)c3)c3ccc4c(c3)C(C)(C)c3ccccc3-4)cc21. The molecule has 2 heteroatoms. The van der Waals surface area contributed by atoms with Crippen LogP contribution in [0.25, 0.3) is 64.3 Å². The highest BCUT2D eigenvalue weighted by molar-refractivity contribution is 7.26. The molecular weight excluding hydrogens is 671 g/mol. The van der Waals surface area contributed by atoms with Gasteiger partial charge in [-0.3, -0.25) is 0 Å². The minimum absolute atomic E-state index is 0.103. The van der Waals surface area contributed by atoms with E-state index in [-0.39, 0.29) is 10.8 Å². The van der Waals surface area contributed by atoms with Gasteiger partial charge in [-0.2, -0.15) is 0 Å². The molecule has 54 heavy (non-hydrogen) atoms. The van der Waals surface area contributed by atoms with Crippen molar-refractivity contribution in [2.45, 2.75) is 38.5 Å². The topological polar surface area (TPSA) is 3.24 Å². The van der Waals surface area contributed by atoms with Crippen molar-refractivity contribution in [1.82, 2.24) is 0 Å². The standard InChI is InChI=1S/C52H39NS/c1-51(2)43-20-8-5-16-38(43)40-26-24-35(30-45(40)51)53(36-25-27-41-39-17-6-9-21-44(39)52(3,4)46(41)31-36)34-15-11-14-33(29-34)37-19-12-13-32-23-28-48-50(49(32)37)42-18-7-10-22-47(42)54-48/h5-31H,1-4H3. The Bertz CT molecular complexity index is 2910. The van der Waals surface area contributed by atoms with Gasteiger partial charge in [-0.25, -0.2) is 0 Å². The highest BCUT2D eigenvalue weighted by Gasteiger charge is 2.37. The summed E-state index contributed by atoms with van der Waals surface area (Å²) in [5, 5.41) is 5.28. The van der Waals surface area contributed by atoms with Crippen LogP contribution in [0.1, 0.15) is 49.9 Å². The normalized spacial score (nSPS) is 14.6. The summed E-state index contributed by atoms with van der Waals surface area (Å²) in [6, 6.07) is 61.5. The van der Waals surface area contributed by atoms with E-state index in [9.17, 15) is 0 Å². The maximum absolute atomic E-state index is 2.49. The van der Waals surface area contributed by atoms with Crippen molar-refractivity contribution in [2.75, 3.05) is 4.90 Å². The first-order valence-corrected chi connectivity index (χ1v) is 19.8. The summed E-state index contributed by atoms with van der Waals surface area (Å²) in [5.74, 6) is 0. The average Bonchev–Trinajstić information content (AvgIpc) is 3.78. The number of anilines is 3. The van der Waals surface area contributed by atoms with Crippen molar-refractivity contribution < 1.29 is 0 Å². The fourth-order valence-electron chi connectivity index (χ4n) is 9.76. The molecule has 1 aromatic heterocycles. The lowest BCUT2D eigenvalue weighted by Crippen LogP contribution is -2.18. The van der Waals surface area contributed by atoms with Crippen LogP contribution in [0.2, 0.25) is 0 Å². The molecule has 1 nitrogen and oxygen atoms in total. The number of thiophene rings is 1. The first kappa shape index (κ1) is 31.6. The Hall–Kier alpha value is -5.96. The van der Waals surface area contributed by atoms with Crippen molar-refractivity contribution in [2.24, 2.45) is 0 Å². The minimum atomic E-state index is -0.103. The summed E-state index contributed by atoms with van der Waals surface area (Å²) >= 11 is 1.88. The summed E-state index contributed by atoms with van der Waals surface area (Å²) < 4.78 is 2.66. The van der Waals surface area contributed by atoms with Crippen molar-refractivity contribution in [3.05, 3.63) is 186 Å². The first-order valence-electron chi connectivity index (χ1n) is 19.0. The molecule has 0 N–H and O–H groups in total. The van der Waals surface area contributed by atoms with Gasteiger partial charge >= 0.3 is 0 Å². The molecular formula is C52H39NS. The Morgan fingerprint density at radius 2 is 0.944 bits per heavy atom. The van der Waals surface area contributed by atoms with E-state index >= 15 is 0 Å². The molecule has 2 aliphatic rings. The molecule has 0 fully saturated rings. The third-order valence-electron chi connectivity index (χ3n) is 12.4. The van der Waals surface area contributed by atoms with Gasteiger partial charge in [0.05, 0.1) is 0 Å². The number of hydrogen-bond donors (Lipinski definition) is 0. The second kappa shape index (κ2) is 11.3. The van der Waals surface area contributed by atoms with E-state index in [1.54, 1.807) is 0 Å². The highest BCUT2D eigenvalue weighted by atomic mass is 32.1. The van der Waals surface area contributed by atoms with Crippen molar-refractivity contribution in [1.29, 1.82) is 0 Å². The van der Waals surface area contributed by atoms with Gasteiger partial charge in [0.25, 0.3) is 0 Å². The summed E-state index contributed by atoms with van der Waals surface area (Å²) in [6.07, 6.45) is 0. The predicted octanol–water partition coefficient (Wildman–Crippen LogP) is 15.0. The van der Waals surface area contributed by atoms with E-state index in [1.165, 1.54) is 98.0 Å². The molecule has 0 unspecified atom stereocenters. The van der Waals surface area contributed by atoms with Crippen LogP contribution in [0.4, 0.5) is 17.1 Å². The van der Waals surface area contributed by atoms with Crippen molar-refractivity contribution in [3.63, 3.8) is 0 Å². The number of nitrogens with zero attached hydrogens (tertiary/aromatic N) is 1. The van der Waals surface area contributed by atoms with E-state index in [1.807, 2.05) is 11.3 Å². The van der Waals surface area contributed by atoms with E-state index in [0.29, 0.717) is 0 Å². The van der Waals surface area contributed by atoms with Crippen LogP contribution in [0, 0.1) is 0 Å². The van der Waals surface area contributed by atoms with Gasteiger partial charge < -0.3 is 4.90 Å². The predicted molar refractivity (Wildman–Crippen MR) is 232 cm³/mol. The van der Waals surface area contributed by atoms with Gasteiger partial charge in [-0.05, 0) is 115 Å². The highest BCUT2D eigenvalue weighted by Crippen LogP contribution is 2.53. The number of fused-ring (bicyclic) bond motifs is 11. The third kappa shape index (κ3) is 4.38.